The van der Waals surface area contributed by atoms with Gasteiger partial charge in [-0.15, -0.1) is 0 Å². The SMILES string of the molecule is O=C1c2ccc(NCCCC3CC(n4cc(-c5cnc6ccccc6n5)cn4)C3)cc2CN1N1C(=O)CCCC1=O. The van der Waals surface area contributed by atoms with Gasteiger partial charge in [-0.3, -0.25) is 24.0 Å². The maximum absolute atomic E-state index is 12.9. The second-order valence-corrected chi connectivity index (χ2v) is 11.2. The van der Waals surface area contributed by atoms with Gasteiger partial charge in [0.1, 0.15) is 0 Å². The molecule has 1 aliphatic carbocycles. The lowest BCUT2D eigenvalue weighted by Gasteiger charge is -2.35. The number of carbonyl (C=O) groups excluding carboxylic acids is 3. The van der Waals surface area contributed by atoms with Crippen molar-refractivity contribution in [3.05, 3.63) is 72.2 Å². The lowest BCUT2D eigenvalue weighted by molar-refractivity contribution is -0.163. The normalized spacial score (nSPS) is 20.4. The van der Waals surface area contributed by atoms with Crippen molar-refractivity contribution in [2.75, 3.05) is 11.9 Å². The largest absolute Gasteiger partial charge is 0.385 e. The number of hydrogen-bond acceptors (Lipinski definition) is 7. The third kappa shape index (κ3) is 4.83. The summed E-state index contributed by atoms with van der Waals surface area (Å²) >= 11 is 0. The zero-order valence-electron chi connectivity index (χ0n) is 22.7. The highest BCUT2D eigenvalue weighted by molar-refractivity contribution is 6.04. The second kappa shape index (κ2) is 10.4. The van der Waals surface area contributed by atoms with Gasteiger partial charge in [0.25, 0.3) is 5.91 Å². The van der Waals surface area contributed by atoms with Crippen LogP contribution in [0.3, 0.4) is 0 Å². The molecule has 0 bridgehead atoms. The van der Waals surface area contributed by atoms with Crippen molar-refractivity contribution < 1.29 is 14.4 Å². The molecule has 4 heterocycles. The monoisotopic (exact) mass is 549 g/mol. The van der Waals surface area contributed by atoms with Crippen LogP contribution in [0.15, 0.2) is 61.1 Å². The quantitative estimate of drug-likeness (QED) is 0.249. The van der Waals surface area contributed by atoms with Crippen molar-refractivity contribution >= 4 is 34.4 Å². The van der Waals surface area contributed by atoms with E-state index >= 15 is 0 Å². The van der Waals surface area contributed by atoms with Crippen LogP contribution in [0.5, 0.6) is 0 Å². The Labute approximate surface area is 237 Å². The smallest absolute Gasteiger partial charge is 0.273 e. The van der Waals surface area contributed by atoms with Gasteiger partial charge in [0.15, 0.2) is 0 Å². The van der Waals surface area contributed by atoms with Gasteiger partial charge < -0.3 is 5.32 Å². The molecule has 0 spiro atoms. The number of benzene rings is 2. The standard InChI is InChI=1S/C31H31N7O3/c39-29-8-3-9-30(40)38(29)37-19-21-15-23(10-11-25(21)31(37)41)32-12-4-5-20-13-24(14-20)36-18-22(16-34-36)28-17-33-26-6-1-2-7-27(26)35-28/h1-2,6-7,10-11,15-18,20,24,32H,3-5,8-9,12-14,19H2. The first-order chi connectivity index (χ1) is 20.0. The summed E-state index contributed by atoms with van der Waals surface area (Å²) < 4.78 is 2.07. The number of nitrogens with one attached hydrogen (secondary N) is 1. The van der Waals surface area contributed by atoms with Crippen molar-refractivity contribution in [3.63, 3.8) is 0 Å². The van der Waals surface area contributed by atoms with E-state index in [1.807, 2.05) is 48.8 Å². The number of piperidine rings is 1. The fourth-order valence-corrected chi connectivity index (χ4v) is 6.13. The molecule has 4 aromatic rings. The van der Waals surface area contributed by atoms with E-state index in [1.54, 1.807) is 6.07 Å². The molecule has 7 rings (SSSR count). The van der Waals surface area contributed by atoms with Gasteiger partial charge in [0.05, 0.1) is 41.7 Å². The third-order valence-electron chi connectivity index (χ3n) is 8.43. The number of para-hydroxylation sites is 2. The summed E-state index contributed by atoms with van der Waals surface area (Å²) in [5.41, 5.74) is 5.94. The van der Waals surface area contributed by atoms with Crippen LogP contribution in [0.25, 0.3) is 22.3 Å². The average Bonchev–Trinajstić information content (AvgIpc) is 3.56. The van der Waals surface area contributed by atoms with Gasteiger partial charge in [-0.1, -0.05) is 12.1 Å². The first-order valence-corrected chi connectivity index (χ1v) is 14.3. The number of fused-ring (bicyclic) bond motifs is 2. The number of nitrogens with zero attached hydrogens (tertiary/aromatic N) is 6. The van der Waals surface area contributed by atoms with Crippen LogP contribution in [0, 0.1) is 5.92 Å². The lowest BCUT2D eigenvalue weighted by atomic mass is 9.77. The molecule has 1 saturated heterocycles. The Bertz CT molecular complexity index is 1640. The van der Waals surface area contributed by atoms with E-state index in [1.165, 1.54) is 5.01 Å². The minimum absolute atomic E-state index is 0.243. The van der Waals surface area contributed by atoms with Crippen LogP contribution in [0.4, 0.5) is 5.69 Å². The topological polar surface area (TPSA) is 113 Å². The van der Waals surface area contributed by atoms with Crippen LogP contribution < -0.4 is 5.32 Å². The molecule has 0 unspecified atom stereocenters. The summed E-state index contributed by atoms with van der Waals surface area (Å²) in [6, 6.07) is 13.9. The number of anilines is 1. The van der Waals surface area contributed by atoms with Crippen molar-refractivity contribution in [1.29, 1.82) is 0 Å². The highest BCUT2D eigenvalue weighted by Gasteiger charge is 2.39. The average molecular weight is 550 g/mol. The van der Waals surface area contributed by atoms with E-state index in [9.17, 15) is 14.4 Å². The van der Waals surface area contributed by atoms with E-state index in [2.05, 4.69) is 26.3 Å². The van der Waals surface area contributed by atoms with Gasteiger partial charge in [0.2, 0.25) is 11.8 Å². The number of hydrogen-bond donors (Lipinski definition) is 1. The Morgan fingerprint density at radius 3 is 2.59 bits per heavy atom. The Morgan fingerprint density at radius 1 is 0.951 bits per heavy atom. The molecule has 2 fully saturated rings. The lowest BCUT2D eigenvalue weighted by Crippen LogP contribution is -2.51. The number of carbonyl (C=O) groups is 3. The Hall–Kier alpha value is -4.60. The fraction of sp³-hybridized carbons (Fsp3) is 0.355. The van der Waals surface area contributed by atoms with Crippen LogP contribution in [0.2, 0.25) is 0 Å². The van der Waals surface area contributed by atoms with Crippen molar-refractivity contribution in [3.8, 4) is 11.3 Å². The number of rotatable bonds is 8. The maximum atomic E-state index is 12.9. The Kier molecular flexibility index (Phi) is 6.45. The molecule has 3 amide bonds. The third-order valence-corrected chi connectivity index (χ3v) is 8.43. The highest BCUT2D eigenvalue weighted by atomic mass is 16.2. The summed E-state index contributed by atoms with van der Waals surface area (Å²) in [6.45, 7) is 1.08. The minimum Gasteiger partial charge on any atom is -0.385 e. The number of hydrazine groups is 1. The van der Waals surface area contributed by atoms with Crippen molar-refractivity contribution in [1.82, 2.24) is 29.8 Å². The minimum atomic E-state index is -0.300. The molecule has 10 nitrogen and oxygen atoms in total. The maximum Gasteiger partial charge on any atom is 0.273 e. The van der Waals surface area contributed by atoms with Gasteiger partial charge in [0, 0.05) is 42.4 Å². The molecule has 0 atom stereocenters. The molecular formula is C31H31N7O3. The van der Waals surface area contributed by atoms with E-state index in [-0.39, 0.29) is 24.3 Å². The van der Waals surface area contributed by atoms with Gasteiger partial charge in [-0.05, 0) is 73.9 Å². The molecule has 41 heavy (non-hydrogen) atoms. The first-order valence-electron chi connectivity index (χ1n) is 14.3. The number of aromatic nitrogens is 4. The number of imide groups is 1. The van der Waals surface area contributed by atoms with Crippen molar-refractivity contribution in [2.24, 2.45) is 5.92 Å². The summed E-state index contributed by atoms with van der Waals surface area (Å²) in [7, 11) is 0. The molecular weight excluding hydrogens is 518 g/mol. The molecule has 2 aromatic heterocycles. The van der Waals surface area contributed by atoms with Crippen LogP contribution >= 0.6 is 0 Å². The Morgan fingerprint density at radius 2 is 1.76 bits per heavy atom. The van der Waals surface area contributed by atoms with E-state index < -0.39 is 0 Å². The van der Waals surface area contributed by atoms with Gasteiger partial charge >= 0.3 is 0 Å². The summed E-state index contributed by atoms with van der Waals surface area (Å²) in [5.74, 6) is -0.206. The molecule has 208 valence electrons. The molecule has 0 radical (unpaired) electrons. The molecule has 10 heteroatoms. The van der Waals surface area contributed by atoms with Gasteiger partial charge in [-0.2, -0.15) is 10.1 Å². The predicted molar refractivity (Wildman–Crippen MR) is 152 cm³/mol. The Balaban J connectivity index is 0.879. The number of amides is 3. The molecule has 1 N–H and O–H groups in total. The molecule has 2 aromatic carbocycles. The van der Waals surface area contributed by atoms with Crippen LogP contribution in [-0.4, -0.2) is 54.0 Å². The predicted octanol–water partition coefficient (Wildman–Crippen LogP) is 4.75. The zero-order chi connectivity index (χ0) is 27.9. The summed E-state index contributed by atoms with van der Waals surface area (Å²) in [6.07, 6.45) is 11.3. The molecule has 2 aliphatic heterocycles. The zero-order valence-corrected chi connectivity index (χ0v) is 22.7. The van der Waals surface area contributed by atoms with E-state index in [0.717, 1.165) is 70.8 Å². The van der Waals surface area contributed by atoms with Gasteiger partial charge in [-0.25, -0.2) is 9.99 Å². The molecule has 1 saturated carbocycles. The highest BCUT2D eigenvalue weighted by Crippen LogP contribution is 2.40. The fourth-order valence-electron chi connectivity index (χ4n) is 6.13. The first kappa shape index (κ1) is 25.4. The van der Waals surface area contributed by atoms with E-state index in [4.69, 9.17) is 4.98 Å². The summed E-state index contributed by atoms with van der Waals surface area (Å²) in [5, 5.41) is 10.4. The van der Waals surface area contributed by atoms with E-state index in [0.29, 0.717) is 36.8 Å². The van der Waals surface area contributed by atoms with Crippen molar-refractivity contribution in [2.45, 2.75) is 57.5 Å². The summed E-state index contributed by atoms with van der Waals surface area (Å²) in [4.78, 5) is 46.7. The van der Waals surface area contributed by atoms with Crippen LogP contribution in [-0.2, 0) is 16.1 Å². The molecule has 3 aliphatic rings. The second-order valence-electron chi connectivity index (χ2n) is 11.2. The van der Waals surface area contributed by atoms with Crippen LogP contribution in [0.1, 0.15) is 66.9 Å².